The first-order valence-electron chi connectivity index (χ1n) is 6.48. The summed E-state index contributed by atoms with van der Waals surface area (Å²) in [6.07, 6.45) is 6.70. The number of hydrogen-bond donors (Lipinski definition) is 1. The Labute approximate surface area is 105 Å². The highest BCUT2D eigenvalue weighted by Gasteiger charge is 2.20. The van der Waals surface area contributed by atoms with E-state index >= 15 is 0 Å². The molecule has 17 heavy (non-hydrogen) atoms. The number of hydrogen-bond acceptors (Lipinski definition) is 2. The quantitative estimate of drug-likeness (QED) is 0.848. The van der Waals surface area contributed by atoms with Crippen LogP contribution in [0.25, 0.3) is 6.08 Å². The molecule has 1 unspecified atom stereocenters. The van der Waals surface area contributed by atoms with Crippen molar-refractivity contribution in [3.05, 3.63) is 23.7 Å². The van der Waals surface area contributed by atoms with E-state index in [-0.39, 0.29) is 0 Å². The van der Waals surface area contributed by atoms with Crippen molar-refractivity contribution in [3.63, 3.8) is 0 Å². The summed E-state index contributed by atoms with van der Waals surface area (Å²) in [7, 11) is 0. The molecule has 3 heteroatoms. The lowest BCUT2D eigenvalue weighted by Crippen LogP contribution is -2.09. The summed E-state index contributed by atoms with van der Waals surface area (Å²) >= 11 is 0. The molecule has 3 nitrogen and oxygen atoms in total. The maximum atomic E-state index is 5.55. The number of rotatable bonds is 5. The van der Waals surface area contributed by atoms with Crippen molar-refractivity contribution in [2.75, 3.05) is 0 Å². The predicted molar refractivity (Wildman–Crippen MR) is 73.7 cm³/mol. The molecule has 0 aromatic carbocycles. The molecule has 0 radical (unpaired) electrons. The highest BCUT2D eigenvalue weighted by molar-refractivity contribution is 5.50. The summed E-state index contributed by atoms with van der Waals surface area (Å²) in [5.74, 6) is 1.17. The second-order valence-corrected chi connectivity index (χ2v) is 5.14. The van der Waals surface area contributed by atoms with Gasteiger partial charge in [-0.15, -0.1) is 0 Å². The van der Waals surface area contributed by atoms with Crippen LogP contribution in [0.2, 0.25) is 0 Å². The van der Waals surface area contributed by atoms with E-state index in [1.54, 1.807) is 6.20 Å². The van der Waals surface area contributed by atoms with Gasteiger partial charge in [0.05, 0.1) is 11.9 Å². The van der Waals surface area contributed by atoms with Crippen LogP contribution in [0, 0.1) is 5.92 Å². The van der Waals surface area contributed by atoms with Crippen molar-refractivity contribution < 1.29 is 0 Å². The minimum absolute atomic E-state index is 0.361. The van der Waals surface area contributed by atoms with Gasteiger partial charge in [0, 0.05) is 11.6 Å². The molecule has 96 valence electrons. The molecule has 0 aliphatic heterocycles. The Bertz CT molecular complexity index is 375. The van der Waals surface area contributed by atoms with Crippen molar-refractivity contribution in [2.24, 2.45) is 11.7 Å². The lowest BCUT2D eigenvalue weighted by atomic mass is 9.86. The van der Waals surface area contributed by atoms with E-state index in [2.05, 4.69) is 39.7 Å². The standard InChI is InChI=1S/C14H25N3/c1-6-12(10(2)3)13-9-16-17(11(4)5)14(13)7-8-15/h7-12H,6,15H2,1-5H3/b8-7-. The molecule has 0 aliphatic rings. The summed E-state index contributed by atoms with van der Waals surface area (Å²) < 4.78 is 2.05. The van der Waals surface area contributed by atoms with Gasteiger partial charge in [-0.05, 0) is 44.4 Å². The minimum Gasteiger partial charge on any atom is -0.405 e. The van der Waals surface area contributed by atoms with Gasteiger partial charge in [0.1, 0.15) is 0 Å². The molecule has 0 saturated carbocycles. The normalized spacial score (nSPS) is 14.1. The monoisotopic (exact) mass is 235 g/mol. The molecule has 1 aromatic heterocycles. The molecule has 0 saturated heterocycles. The van der Waals surface area contributed by atoms with Crippen molar-refractivity contribution in [2.45, 2.75) is 53.0 Å². The number of nitrogens with zero attached hydrogens (tertiary/aromatic N) is 2. The van der Waals surface area contributed by atoms with Gasteiger partial charge in [-0.3, -0.25) is 4.68 Å². The number of aromatic nitrogens is 2. The van der Waals surface area contributed by atoms with Crippen LogP contribution in [-0.4, -0.2) is 9.78 Å². The first kappa shape index (κ1) is 13.8. The van der Waals surface area contributed by atoms with E-state index < -0.39 is 0 Å². The third-order valence-corrected chi connectivity index (χ3v) is 3.25. The molecule has 0 spiro atoms. The molecule has 0 fully saturated rings. The third-order valence-electron chi connectivity index (χ3n) is 3.25. The first-order valence-corrected chi connectivity index (χ1v) is 6.48. The van der Waals surface area contributed by atoms with Gasteiger partial charge < -0.3 is 5.73 Å². The van der Waals surface area contributed by atoms with E-state index in [1.807, 2.05) is 17.0 Å². The van der Waals surface area contributed by atoms with Crippen molar-refractivity contribution in [3.8, 4) is 0 Å². The average Bonchev–Trinajstić information content (AvgIpc) is 2.63. The van der Waals surface area contributed by atoms with Crippen LogP contribution >= 0.6 is 0 Å². The summed E-state index contributed by atoms with van der Waals surface area (Å²) in [6.45, 7) is 11.0. The fourth-order valence-corrected chi connectivity index (χ4v) is 2.40. The lowest BCUT2D eigenvalue weighted by molar-refractivity contribution is 0.480. The van der Waals surface area contributed by atoms with Gasteiger partial charge in [-0.25, -0.2) is 0 Å². The van der Waals surface area contributed by atoms with Crippen LogP contribution < -0.4 is 5.73 Å². The molecule has 1 aromatic rings. The molecule has 0 amide bonds. The van der Waals surface area contributed by atoms with Crippen molar-refractivity contribution in [1.29, 1.82) is 0 Å². The summed E-state index contributed by atoms with van der Waals surface area (Å²) in [5, 5.41) is 4.50. The van der Waals surface area contributed by atoms with Crippen LogP contribution in [0.1, 0.15) is 64.3 Å². The molecule has 1 atom stereocenters. The Morgan fingerprint density at radius 1 is 1.35 bits per heavy atom. The van der Waals surface area contributed by atoms with E-state index in [1.165, 1.54) is 5.56 Å². The third kappa shape index (κ3) is 2.90. The van der Waals surface area contributed by atoms with Gasteiger partial charge in [-0.2, -0.15) is 5.10 Å². The first-order chi connectivity index (χ1) is 8.02. The van der Waals surface area contributed by atoms with Crippen LogP contribution in [0.3, 0.4) is 0 Å². The molecular formula is C14H25N3. The smallest absolute Gasteiger partial charge is 0.0662 e. The molecule has 1 heterocycles. The van der Waals surface area contributed by atoms with Crippen LogP contribution in [0.5, 0.6) is 0 Å². The van der Waals surface area contributed by atoms with Gasteiger partial charge in [-0.1, -0.05) is 20.8 Å². The van der Waals surface area contributed by atoms with Gasteiger partial charge in [0.15, 0.2) is 0 Å². The van der Waals surface area contributed by atoms with Gasteiger partial charge >= 0.3 is 0 Å². The topological polar surface area (TPSA) is 43.8 Å². The Balaban J connectivity index is 3.23. The lowest BCUT2D eigenvalue weighted by Gasteiger charge is -2.19. The Morgan fingerprint density at radius 2 is 2.00 bits per heavy atom. The predicted octanol–water partition coefficient (Wildman–Crippen LogP) is 3.54. The van der Waals surface area contributed by atoms with Crippen LogP contribution in [-0.2, 0) is 0 Å². The second kappa shape index (κ2) is 5.89. The van der Waals surface area contributed by atoms with E-state index in [0.29, 0.717) is 17.9 Å². The molecule has 2 N–H and O–H groups in total. The summed E-state index contributed by atoms with van der Waals surface area (Å²) in [4.78, 5) is 0. The Kier molecular flexibility index (Phi) is 4.79. The summed E-state index contributed by atoms with van der Waals surface area (Å²) in [6, 6.07) is 0.361. The molecular weight excluding hydrogens is 210 g/mol. The Hall–Kier alpha value is -1.25. The van der Waals surface area contributed by atoms with Gasteiger partial charge in [0.2, 0.25) is 0 Å². The highest BCUT2D eigenvalue weighted by atomic mass is 15.3. The zero-order valence-corrected chi connectivity index (χ0v) is 11.6. The maximum absolute atomic E-state index is 5.55. The van der Waals surface area contributed by atoms with E-state index in [0.717, 1.165) is 12.1 Å². The van der Waals surface area contributed by atoms with Crippen LogP contribution in [0.4, 0.5) is 0 Å². The molecule has 0 aliphatic carbocycles. The zero-order chi connectivity index (χ0) is 13.0. The largest absolute Gasteiger partial charge is 0.405 e. The second-order valence-electron chi connectivity index (χ2n) is 5.14. The van der Waals surface area contributed by atoms with E-state index in [9.17, 15) is 0 Å². The molecule has 0 bridgehead atoms. The van der Waals surface area contributed by atoms with Crippen LogP contribution in [0.15, 0.2) is 12.4 Å². The van der Waals surface area contributed by atoms with Crippen molar-refractivity contribution >= 4 is 6.08 Å². The minimum atomic E-state index is 0.361. The Morgan fingerprint density at radius 3 is 2.41 bits per heavy atom. The maximum Gasteiger partial charge on any atom is 0.0662 e. The van der Waals surface area contributed by atoms with Gasteiger partial charge in [0.25, 0.3) is 0 Å². The van der Waals surface area contributed by atoms with E-state index in [4.69, 9.17) is 5.73 Å². The SMILES string of the molecule is CCC(c1cnn(C(C)C)c1/C=C\N)C(C)C. The number of nitrogens with two attached hydrogens (primary N) is 1. The van der Waals surface area contributed by atoms with Crippen molar-refractivity contribution in [1.82, 2.24) is 9.78 Å². The molecule has 1 rings (SSSR count). The fraction of sp³-hybridized carbons (Fsp3) is 0.643. The highest BCUT2D eigenvalue weighted by Crippen LogP contribution is 2.31. The summed E-state index contributed by atoms with van der Waals surface area (Å²) in [5.41, 5.74) is 8.03. The zero-order valence-electron chi connectivity index (χ0n) is 11.6. The average molecular weight is 235 g/mol. The fourth-order valence-electron chi connectivity index (χ4n) is 2.40.